The Bertz CT molecular complexity index is 284. The highest BCUT2D eigenvalue weighted by Crippen LogP contribution is 2.19. The first kappa shape index (κ1) is 15.7. The van der Waals surface area contributed by atoms with Gasteiger partial charge in [-0.2, -0.15) is 0 Å². The lowest BCUT2D eigenvalue weighted by atomic mass is 9.97. The number of rotatable bonds is 6. The number of hydrogen-bond acceptors (Lipinski definition) is 5. The highest BCUT2D eigenvalue weighted by molar-refractivity contribution is 5.72. The second-order valence-electron chi connectivity index (χ2n) is 5.53. The molecule has 0 amide bonds. The van der Waals surface area contributed by atoms with Crippen molar-refractivity contribution in [3.63, 3.8) is 0 Å². The van der Waals surface area contributed by atoms with Gasteiger partial charge < -0.3 is 19.1 Å². The maximum atomic E-state index is 11.6. The van der Waals surface area contributed by atoms with Crippen molar-refractivity contribution in [2.24, 2.45) is 5.92 Å². The van der Waals surface area contributed by atoms with Gasteiger partial charge in [-0.3, -0.25) is 4.79 Å². The van der Waals surface area contributed by atoms with Gasteiger partial charge in [-0.1, -0.05) is 0 Å². The van der Waals surface area contributed by atoms with Gasteiger partial charge in [-0.15, -0.1) is 0 Å². The average molecular weight is 285 g/mol. The molecule has 2 heterocycles. The molecular formula is C15H27NO4. The molecule has 2 fully saturated rings. The number of nitrogens with zero attached hydrogens (tertiary/aromatic N) is 1. The molecule has 5 heteroatoms. The summed E-state index contributed by atoms with van der Waals surface area (Å²) in [7, 11) is 0. The summed E-state index contributed by atoms with van der Waals surface area (Å²) >= 11 is 0. The fraction of sp³-hybridized carbons (Fsp3) is 0.933. The van der Waals surface area contributed by atoms with Crippen molar-refractivity contribution >= 4 is 5.97 Å². The Morgan fingerprint density at radius 2 is 2.05 bits per heavy atom. The Morgan fingerprint density at radius 1 is 1.25 bits per heavy atom. The largest absolute Gasteiger partial charge is 0.466 e. The Morgan fingerprint density at radius 3 is 2.70 bits per heavy atom. The molecule has 0 bridgehead atoms. The minimum absolute atomic E-state index is 0.000760. The molecule has 2 rings (SSSR count). The zero-order chi connectivity index (χ0) is 14.2. The molecule has 0 aromatic rings. The monoisotopic (exact) mass is 285 g/mol. The van der Waals surface area contributed by atoms with Gasteiger partial charge >= 0.3 is 5.97 Å². The van der Waals surface area contributed by atoms with Gasteiger partial charge in [0, 0.05) is 13.2 Å². The average Bonchev–Trinajstić information content (AvgIpc) is 2.49. The van der Waals surface area contributed by atoms with Crippen molar-refractivity contribution in [3.05, 3.63) is 0 Å². The van der Waals surface area contributed by atoms with E-state index < -0.39 is 0 Å². The molecule has 0 N–H and O–H groups in total. The number of ether oxygens (including phenoxy) is 3. The number of piperidine rings is 1. The number of carbonyl (C=O) groups excluding carboxylic acids is 1. The molecule has 116 valence electrons. The zero-order valence-corrected chi connectivity index (χ0v) is 12.5. The Labute approximate surface area is 121 Å². The SMILES string of the molecule is CCOC(=O)C1CCN(CCO[C@@H]2CCCCO2)CC1. The van der Waals surface area contributed by atoms with Gasteiger partial charge in [0.15, 0.2) is 6.29 Å². The topological polar surface area (TPSA) is 48.0 Å². The van der Waals surface area contributed by atoms with Gasteiger partial charge in [-0.05, 0) is 52.1 Å². The number of carbonyl (C=O) groups is 1. The molecular weight excluding hydrogens is 258 g/mol. The third kappa shape index (κ3) is 5.04. The van der Waals surface area contributed by atoms with Crippen molar-refractivity contribution in [1.29, 1.82) is 0 Å². The van der Waals surface area contributed by atoms with Crippen LogP contribution in [0.15, 0.2) is 0 Å². The zero-order valence-electron chi connectivity index (χ0n) is 12.5. The minimum Gasteiger partial charge on any atom is -0.466 e. The van der Waals surface area contributed by atoms with Crippen LogP contribution in [0, 0.1) is 5.92 Å². The van der Waals surface area contributed by atoms with Crippen LogP contribution in [0.1, 0.15) is 39.0 Å². The van der Waals surface area contributed by atoms with E-state index in [1.54, 1.807) is 0 Å². The van der Waals surface area contributed by atoms with E-state index in [0.717, 1.165) is 58.5 Å². The summed E-state index contributed by atoms with van der Waals surface area (Å²) in [4.78, 5) is 14.0. The lowest BCUT2D eigenvalue weighted by Crippen LogP contribution is -2.39. The molecule has 0 aromatic heterocycles. The Balaban J connectivity index is 1.56. The second-order valence-corrected chi connectivity index (χ2v) is 5.53. The highest BCUT2D eigenvalue weighted by atomic mass is 16.7. The molecule has 2 aliphatic rings. The van der Waals surface area contributed by atoms with E-state index in [2.05, 4.69) is 4.90 Å². The third-order valence-corrected chi connectivity index (χ3v) is 4.06. The van der Waals surface area contributed by atoms with Crippen molar-refractivity contribution in [1.82, 2.24) is 4.90 Å². The van der Waals surface area contributed by atoms with Crippen LogP contribution in [-0.4, -0.2) is 56.6 Å². The fourth-order valence-electron chi connectivity index (χ4n) is 2.81. The molecule has 1 atom stereocenters. The molecule has 5 nitrogen and oxygen atoms in total. The van der Waals surface area contributed by atoms with Gasteiger partial charge in [-0.25, -0.2) is 0 Å². The number of hydrogen-bond donors (Lipinski definition) is 0. The summed E-state index contributed by atoms with van der Waals surface area (Å²) < 4.78 is 16.4. The maximum absolute atomic E-state index is 11.6. The van der Waals surface area contributed by atoms with E-state index in [1.165, 1.54) is 6.42 Å². The molecule has 0 spiro atoms. The summed E-state index contributed by atoms with van der Waals surface area (Å²) in [5.74, 6) is 0.0628. The normalized spacial score (nSPS) is 25.6. The molecule has 0 unspecified atom stereocenters. The van der Waals surface area contributed by atoms with Crippen LogP contribution < -0.4 is 0 Å². The van der Waals surface area contributed by atoms with Crippen LogP contribution in [0.25, 0.3) is 0 Å². The predicted molar refractivity (Wildman–Crippen MR) is 75.3 cm³/mol. The molecule has 0 saturated carbocycles. The molecule has 0 aromatic carbocycles. The lowest BCUT2D eigenvalue weighted by Gasteiger charge is -2.31. The van der Waals surface area contributed by atoms with Crippen molar-refractivity contribution in [3.8, 4) is 0 Å². The summed E-state index contributed by atoms with van der Waals surface area (Å²) in [6.45, 7) is 6.72. The molecule has 20 heavy (non-hydrogen) atoms. The van der Waals surface area contributed by atoms with Crippen molar-refractivity contribution in [2.75, 3.05) is 39.5 Å². The van der Waals surface area contributed by atoms with Crippen LogP contribution in [0.5, 0.6) is 0 Å². The minimum atomic E-state index is -0.0287. The third-order valence-electron chi connectivity index (χ3n) is 4.06. The van der Waals surface area contributed by atoms with Gasteiger partial charge in [0.05, 0.1) is 19.1 Å². The summed E-state index contributed by atoms with van der Waals surface area (Å²) in [5, 5.41) is 0. The number of likely N-dealkylation sites (tertiary alicyclic amines) is 1. The highest BCUT2D eigenvalue weighted by Gasteiger charge is 2.25. The standard InChI is InChI=1S/C15H27NO4/c1-2-18-15(17)13-6-8-16(9-7-13)10-12-20-14-5-3-4-11-19-14/h13-14H,2-12H2,1H3/t14-/m1/s1. The summed E-state index contributed by atoms with van der Waals surface area (Å²) in [6, 6.07) is 0. The summed E-state index contributed by atoms with van der Waals surface area (Å²) in [6.07, 6.45) is 5.18. The lowest BCUT2D eigenvalue weighted by molar-refractivity contribution is -0.164. The van der Waals surface area contributed by atoms with E-state index in [1.807, 2.05) is 6.92 Å². The Hall–Kier alpha value is -0.650. The first-order chi connectivity index (χ1) is 9.79. The van der Waals surface area contributed by atoms with Crippen LogP contribution in [-0.2, 0) is 19.0 Å². The van der Waals surface area contributed by atoms with E-state index >= 15 is 0 Å². The first-order valence-electron chi connectivity index (χ1n) is 7.91. The first-order valence-corrected chi connectivity index (χ1v) is 7.91. The second kappa shape index (κ2) is 8.60. The van der Waals surface area contributed by atoms with Crippen LogP contribution in [0.4, 0.5) is 0 Å². The predicted octanol–water partition coefficient (Wildman–Crippen LogP) is 1.80. The van der Waals surface area contributed by atoms with Crippen LogP contribution >= 0.6 is 0 Å². The summed E-state index contributed by atoms with van der Waals surface area (Å²) in [5.41, 5.74) is 0. The van der Waals surface area contributed by atoms with E-state index in [0.29, 0.717) is 6.61 Å². The molecule has 2 saturated heterocycles. The van der Waals surface area contributed by atoms with Crippen LogP contribution in [0.2, 0.25) is 0 Å². The molecule has 2 aliphatic heterocycles. The van der Waals surface area contributed by atoms with Crippen molar-refractivity contribution < 1.29 is 19.0 Å². The van der Waals surface area contributed by atoms with E-state index in [4.69, 9.17) is 14.2 Å². The number of esters is 1. The van der Waals surface area contributed by atoms with Gasteiger partial charge in [0.1, 0.15) is 0 Å². The molecule has 0 radical (unpaired) electrons. The Kier molecular flexibility index (Phi) is 6.76. The fourth-order valence-corrected chi connectivity index (χ4v) is 2.81. The quantitative estimate of drug-likeness (QED) is 0.697. The van der Waals surface area contributed by atoms with Gasteiger partial charge in [0.25, 0.3) is 0 Å². The van der Waals surface area contributed by atoms with Gasteiger partial charge in [0.2, 0.25) is 0 Å². The van der Waals surface area contributed by atoms with Crippen molar-refractivity contribution in [2.45, 2.75) is 45.3 Å². The molecule has 0 aliphatic carbocycles. The maximum Gasteiger partial charge on any atom is 0.309 e. The smallest absolute Gasteiger partial charge is 0.309 e. The van der Waals surface area contributed by atoms with E-state index in [-0.39, 0.29) is 18.2 Å². The van der Waals surface area contributed by atoms with E-state index in [9.17, 15) is 4.79 Å². The van der Waals surface area contributed by atoms with Crippen LogP contribution in [0.3, 0.4) is 0 Å².